The van der Waals surface area contributed by atoms with Crippen LogP contribution in [0.15, 0.2) is 30.5 Å². The first-order valence-corrected chi connectivity index (χ1v) is 6.13. The number of benzene rings is 1. The van der Waals surface area contributed by atoms with E-state index >= 15 is 0 Å². The van der Waals surface area contributed by atoms with E-state index in [4.69, 9.17) is 14.2 Å². The van der Waals surface area contributed by atoms with Gasteiger partial charge in [0.15, 0.2) is 17.3 Å². The summed E-state index contributed by atoms with van der Waals surface area (Å²) in [5.41, 5.74) is 0.498. The zero-order valence-electron chi connectivity index (χ0n) is 10.9. The lowest BCUT2D eigenvalue weighted by atomic mass is 10.2. The van der Waals surface area contributed by atoms with E-state index in [9.17, 15) is 4.39 Å². The molecule has 0 amide bonds. The maximum absolute atomic E-state index is 14.1. The molecule has 0 bridgehead atoms. The maximum Gasteiger partial charge on any atom is 0.256 e. The highest BCUT2D eigenvalue weighted by molar-refractivity contribution is 5.47. The zero-order valence-corrected chi connectivity index (χ0v) is 10.9. The normalized spacial score (nSPS) is 12.5. The summed E-state index contributed by atoms with van der Waals surface area (Å²) >= 11 is 0. The molecule has 2 aromatic rings. The lowest BCUT2D eigenvalue weighted by Crippen LogP contribution is -2.08. The summed E-state index contributed by atoms with van der Waals surface area (Å²) in [5, 5.41) is 2.89. The van der Waals surface area contributed by atoms with Gasteiger partial charge in [-0.15, -0.1) is 0 Å². The maximum atomic E-state index is 14.1. The van der Waals surface area contributed by atoms with E-state index in [0.717, 1.165) is 0 Å². The van der Waals surface area contributed by atoms with E-state index < -0.39 is 5.82 Å². The van der Waals surface area contributed by atoms with Crippen molar-refractivity contribution in [2.45, 2.75) is 6.54 Å². The Morgan fingerprint density at radius 2 is 2.15 bits per heavy atom. The molecule has 0 spiro atoms. The summed E-state index contributed by atoms with van der Waals surface area (Å²) < 4.78 is 30.1. The number of aromatic nitrogens is 1. The molecule has 1 N–H and O–H groups in total. The molecule has 5 nitrogen and oxygen atoms in total. The predicted molar refractivity (Wildman–Crippen MR) is 69.6 cm³/mol. The fourth-order valence-corrected chi connectivity index (χ4v) is 1.91. The quantitative estimate of drug-likeness (QED) is 0.929. The van der Waals surface area contributed by atoms with Gasteiger partial charge in [-0.25, -0.2) is 9.37 Å². The Bertz CT molecular complexity index is 634. The molecular formula is C14H13FN2O3. The number of hydrogen-bond donors (Lipinski definition) is 1. The second kappa shape index (κ2) is 5.34. The SMILES string of the molecule is CNCc1ccnc(Oc2ccc3c(c2)OCO3)c1F. The van der Waals surface area contributed by atoms with Gasteiger partial charge in [0.05, 0.1) is 0 Å². The van der Waals surface area contributed by atoms with Gasteiger partial charge in [-0.2, -0.15) is 0 Å². The molecule has 0 unspecified atom stereocenters. The minimum atomic E-state index is -0.473. The molecule has 1 aliphatic heterocycles. The van der Waals surface area contributed by atoms with E-state index in [0.29, 0.717) is 29.4 Å². The molecule has 0 atom stereocenters. The van der Waals surface area contributed by atoms with E-state index in [2.05, 4.69) is 10.3 Å². The van der Waals surface area contributed by atoms with Crippen molar-refractivity contribution < 1.29 is 18.6 Å². The molecule has 104 valence electrons. The molecule has 20 heavy (non-hydrogen) atoms. The summed E-state index contributed by atoms with van der Waals surface area (Å²) in [6.45, 7) is 0.592. The topological polar surface area (TPSA) is 52.6 Å². The second-order valence-electron chi connectivity index (χ2n) is 4.24. The Balaban J connectivity index is 1.86. The van der Waals surface area contributed by atoms with Gasteiger partial charge in [0.25, 0.3) is 5.88 Å². The molecule has 6 heteroatoms. The summed E-state index contributed by atoms with van der Waals surface area (Å²) in [6.07, 6.45) is 1.51. The van der Waals surface area contributed by atoms with Crippen molar-refractivity contribution in [1.82, 2.24) is 10.3 Å². The largest absolute Gasteiger partial charge is 0.454 e. The minimum Gasteiger partial charge on any atom is -0.454 e. The Kier molecular flexibility index (Phi) is 3.39. The number of pyridine rings is 1. The number of rotatable bonds is 4. The number of nitrogens with zero attached hydrogens (tertiary/aromatic N) is 1. The van der Waals surface area contributed by atoms with Gasteiger partial charge in [-0.1, -0.05) is 0 Å². The first kappa shape index (κ1) is 12.7. The number of halogens is 1. The Hall–Kier alpha value is -2.34. The summed E-state index contributed by atoms with van der Waals surface area (Å²) in [6, 6.07) is 6.65. The standard InChI is InChI=1S/C14H13FN2O3/c1-16-7-9-4-5-17-14(13(9)15)20-10-2-3-11-12(6-10)19-8-18-11/h2-6,16H,7-8H2,1H3. The average Bonchev–Trinajstić information content (AvgIpc) is 2.91. The first-order valence-electron chi connectivity index (χ1n) is 6.13. The van der Waals surface area contributed by atoms with Crippen LogP contribution in [0.1, 0.15) is 5.56 Å². The van der Waals surface area contributed by atoms with Gasteiger partial charge in [-0.3, -0.25) is 0 Å². The van der Waals surface area contributed by atoms with Crippen molar-refractivity contribution in [3.63, 3.8) is 0 Å². The number of nitrogens with one attached hydrogen (secondary N) is 1. The van der Waals surface area contributed by atoms with Gasteiger partial charge in [0.1, 0.15) is 5.75 Å². The molecule has 0 saturated heterocycles. The molecular weight excluding hydrogens is 263 g/mol. The lowest BCUT2D eigenvalue weighted by Gasteiger charge is -2.09. The first-order chi connectivity index (χ1) is 9.78. The van der Waals surface area contributed by atoms with Crippen LogP contribution in [0.4, 0.5) is 4.39 Å². The third-order valence-corrected chi connectivity index (χ3v) is 2.86. The number of hydrogen-bond acceptors (Lipinski definition) is 5. The van der Waals surface area contributed by atoms with Crippen LogP contribution < -0.4 is 19.5 Å². The number of fused-ring (bicyclic) bond motifs is 1. The second-order valence-corrected chi connectivity index (χ2v) is 4.24. The van der Waals surface area contributed by atoms with Crippen LogP contribution in [0.25, 0.3) is 0 Å². The minimum absolute atomic E-state index is 0.0587. The molecule has 0 fully saturated rings. The Labute approximate surface area is 115 Å². The smallest absolute Gasteiger partial charge is 0.256 e. The Morgan fingerprint density at radius 3 is 3.00 bits per heavy atom. The van der Waals surface area contributed by atoms with Crippen molar-refractivity contribution in [3.05, 3.63) is 41.8 Å². The highest BCUT2D eigenvalue weighted by Crippen LogP contribution is 2.36. The van der Waals surface area contributed by atoms with Crippen LogP contribution in [-0.2, 0) is 6.54 Å². The fourth-order valence-electron chi connectivity index (χ4n) is 1.91. The van der Waals surface area contributed by atoms with Crippen molar-refractivity contribution in [2.24, 2.45) is 0 Å². The molecule has 3 rings (SSSR count). The van der Waals surface area contributed by atoms with Gasteiger partial charge in [0, 0.05) is 24.4 Å². The van der Waals surface area contributed by atoms with Crippen LogP contribution in [0.5, 0.6) is 23.1 Å². The van der Waals surface area contributed by atoms with E-state index in [-0.39, 0.29) is 12.7 Å². The number of ether oxygens (including phenoxy) is 3. The van der Waals surface area contributed by atoms with Crippen LogP contribution >= 0.6 is 0 Å². The third-order valence-electron chi connectivity index (χ3n) is 2.86. The van der Waals surface area contributed by atoms with Crippen LogP contribution in [0.3, 0.4) is 0 Å². The van der Waals surface area contributed by atoms with Crippen LogP contribution in [0, 0.1) is 5.82 Å². The summed E-state index contributed by atoms with van der Waals surface area (Å²) in [4.78, 5) is 3.91. The van der Waals surface area contributed by atoms with E-state index in [1.165, 1.54) is 6.20 Å². The predicted octanol–water partition coefficient (Wildman–Crippen LogP) is 2.46. The highest BCUT2D eigenvalue weighted by Gasteiger charge is 2.16. The van der Waals surface area contributed by atoms with Gasteiger partial charge >= 0.3 is 0 Å². The molecule has 1 aromatic heterocycles. The van der Waals surface area contributed by atoms with Crippen molar-refractivity contribution in [3.8, 4) is 23.1 Å². The molecule has 0 radical (unpaired) electrons. The van der Waals surface area contributed by atoms with Crippen LogP contribution in [-0.4, -0.2) is 18.8 Å². The third kappa shape index (κ3) is 2.37. The van der Waals surface area contributed by atoms with Crippen LogP contribution in [0.2, 0.25) is 0 Å². The molecule has 1 aliphatic rings. The van der Waals surface area contributed by atoms with Crippen molar-refractivity contribution >= 4 is 0 Å². The van der Waals surface area contributed by atoms with Gasteiger partial charge < -0.3 is 19.5 Å². The van der Waals surface area contributed by atoms with Crippen molar-refractivity contribution in [1.29, 1.82) is 0 Å². The van der Waals surface area contributed by atoms with Crippen molar-refractivity contribution in [2.75, 3.05) is 13.8 Å². The summed E-state index contributed by atoms with van der Waals surface area (Å²) in [5.74, 6) is 1.14. The molecule has 1 aromatic carbocycles. The van der Waals surface area contributed by atoms with Gasteiger partial charge in [0.2, 0.25) is 6.79 Å². The average molecular weight is 276 g/mol. The van der Waals surface area contributed by atoms with E-state index in [1.807, 2.05) is 0 Å². The molecule has 0 saturated carbocycles. The molecule has 2 heterocycles. The summed E-state index contributed by atoms with van der Waals surface area (Å²) in [7, 11) is 1.75. The van der Waals surface area contributed by atoms with E-state index in [1.54, 1.807) is 31.3 Å². The molecule has 0 aliphatic carbocycles. The lowest BCUT2D eigenvalue weighted by molar-refractivity contribution is 0.174. The zero-order chi connectivity index (χ0) is 13.9. The van der Waals surface area contributed by atoms with Gasteiger partial charge in [-0.05, 0) is 25.2 Å². The highest BCUT2D eigenvalue weighted by atomic mass is 19.1. The monoisotopic (exact) mass is 276 g/mol. The Morgan fingerprint density at radius 1 is 1.30 bits per heavy atom. The fraction of sp³-hybridized carbons (Fsp3) is 0.214.